The molecule has 1 saturated heterocycles. The van der Waals surface area contributed by atoms with E-state index >= 15 is 0 Å². The van der Waals surface area contributed by atoms with Gasteiger partial charge in [0.1, 0.15) is 18.0 Å². The van der Waals surface area contributed by atoms with Crippen molar-refractivity contribution in [2.24, 2.45) is 0 Å². The summed E-state index contributed by atoms with van der Waals surface area (Å²) in [6, 6.07) is 20.5. The number of imide groups is 1. The number of fused-ring (bicyclic) bond motifs is 1. The van der Waals surface area contributed by atoms with Crippen LogP contribution in [0.5, 0.6) is 11.5 Å². The van der Waals surface area contributed by atoms with Crippen molar-refractivity contribution in [3.05, 3.63) is 72.3 Å². The smallest absolute Gasteiger partial charge is 0.327 e. The van der Waals surface area contributed by atoms with E-state index in [0.29, 0.717) is 25.1 Å². The second kappa shape index (κ2) is 8.22. The largest absolute Gasteiger partial charge is 0.508 e. The van der Waals surface area contributed by atoms with Gasteiger partial charge in [0, 0.05) is 12.1 Å². The maximum absolute atomic E-state index is 12.6. The maximum atomic E-state index is 12.6. The van der Waals surface area contributed by atoms with Gasteiger partial charge in [-0.3, -0.25) is 9.69 Å². The number of carbonyl (C=O) groups excluding carboxylic acids is 2. The second-order valence-corrected chi connectivity index (χ2v) is 7.02. The minimum absolute atomic E-state index is 0.0265. The van der Waals surface area contributed by atoms with Crippen molar-refractivity contribution >= 4 is 22.7 Å². The Morgan fingerprint density at radius 1 is 0.931 bits per heavy atom. The average Bonchev–Trinajstić information content (AvgIpc) is 3.00. The summed E-state index contributed by atoms with van der Waals surface area (Å²) in [5.74, 6) is 0.662. The molecule has 0 radical (unpaired) electrons. The lowest BCUT2D eigenvalue weighted by atomic mass is 10.1. The molecule has 1 aliphatic heterocycles. The molecule has 3 amide bonds. The molecule has 3 aromatic rings. The molecule has 0 saturated carbocycles. The van der Waals surface area contributed by atoms with Gasteiger partial charge >= 0.3 is 6.03 Å². The Morgan fingerprint density at radius 2 is 1.69 bits per heavy atom. The Hall–Kier alpha value is -3.54. The van der Waals surface area contributed by atoms with Crippen molar-refractivity contribution in [1.29, 1.82) is 0 Å². The van der Waals surface area contributed by atoms with E-state index in [-0.39, 0.29) is 30.8 Å². The summed E-state index contributed by atoms with van der Waals surface area (Å²) in [5, 5.41) is 12.1. The monoisotopic (exact) mass is 390 g/mol. The molecule has 0 bridgehead atoms. The van der Waals surface area contributed by atoms with Crippen LogP contribution >= 0.6 is 0 Å². The van der Waals surface area contributed by atoms with Gasteiger partial charge in [0.05, 0.1) is 13.2 Å². The van der Waals surface area contributed by atoms with Gasteiger partial charge in [0.15, 0.2) is 0 Å². The molecular weight excluding hydrogens is 368 g/mol. The van der Waals surface area contributed by atoms with Crippen molar-refractivity contribution < 1.29 is 19.4 Å². The fourth-order valence-electron chi connectivity index (χ4n) is 3.46. The summed E-state index contributed by atoms with van der Waals surface area (Å²) >= 11 is 0. The van der Waals surface area contributed by atoms with E-state index < -0.39 is 0 Å². The Bertz CT molecular complexity index is 1050. The summed E-state index contributed by atoms with van der Waals surface area (Å²) in [6.45, 7) is 0.956. The fourth-order valence-corrected chi connectivity index (χ4v) is 3.46. The Balaban J connectivity index is 1.29. The van der Waals surface area contributed by atoms with Crippen LogP contribution in [0.15, 0.2) is 66.7 Å². The molecule has 6 heteroatoms. The van der Waals surface area contributed by atoms with Crippen LogP contribution in [0.4, 0.5) is 4.79 Å². The van der Waals surface area contributed by atoms with Crippen molar-refractivity contribution in [2.75, 3.05) is 19.7 Å². The van der Waals surface area contributed by atoms with Gasteiger partial charge in [-0.05, 0) is 35.4 Å². The number of ether oxygens (including phenoxy) is 1. The number of urea groups is 1. The van der Waals surface area contributed by atoms with Gasteiger partial charge in [0.2, 0.25) is 5.91 Å². The van der Waals surface area contributed by atoms with Crippen LogP contribution in [0, 0.1) is 0 Å². The number of para-hydroxylation sites is 1. The minimum atomic E-state index is -0.330. The number of carbonyl (C=O) groups is 2. The molecule has 1 aliphatic rings. The summed E-state index contributed by atoms with van der Waals surface area (Å²) in [5.41, 5.74) is 0.620. The van der Waals surface area contributed by atoms with Crippen LogP contribution < -0.4 is 4.74 Å². The number of phenols is 1. The summed E-state index contributed by atoms with van der Waals surface area (Å²) in [7, 11) is 0. The highest BCUT2D eigenvalue weighted by atomic mass is 16.5. The molecule has 3 aromatic carbocycles. The van der Waals surface area contributed by atoms with E-state index in [2.05, 4.69) is 0 Å². The number of benzene rings is 3. The zero-order valence-corrected chi connectivity index (χ0v) is 16.0. The van der Waals surface area contributed by atoms with Gasteiger partial charge in [0.25, 0.3) is 0 Å². The molecule has 0 atom stereocenters. The molecule has 0 aliphatic carbocycles. The van der Waals surface area contributed by atoms with Crippen molar-refractivity contribution in [3.8, 4) is 11.5 Å². The van der Waals surface area contributed by atoms with E-state index in [1.165, 1.54) is 9.80 Å². The van der Waals surface area contributed by atoms with E-state index in [0.717, 1.165) is 16.5 Å². The second-order valence-electron chi connectivity index (χ2n) is 7.02. The van der Waals surface area contributed by atoms with E-state index in [4.69, 9.17) is 4.74 Å². The van der Waals surface area contributed by atoms with Crippen LogP contribution in [-0.4, -0.2) is 46.5 Å². The zero-order chi connectivity index (χ0) is 20.2. The van der Waals surface area contributed by atoms with Crippen LogP contribution in [0.25, 0.3) is 10.8 Å². The Labute approximate surface area is 168 Å². The van der Waals surface area contributed by atoms with Gasteiger partial charge in [-0.2, -0.15) is 0 Å². The van der Waals surface area contributed by atoms with E-state index in [9.17, 15) is 14.7 Å². The molecule has 6 nitrogen and oxygen atoms in total. The molecule has 1 fully saturated rings. The van der Waals surface area contributed by atoms with Gasteiger partial charge < -0.3 is 14.7 Å². The molecule has 0 spiro atoms. The fraction of sp³-hybridized carbons (Fsp3) is 0.217. The number of hydrogen-bond acceptors (Lipinski definition) is 4. The lowest BCUT2D eigenvalue weighted by Gasteiger charge is -2.17. The summed E-state index contributed by atoms with van der Waals surface area (Å²) in [6.07, 6.45) is 0.550. The Kier molecular flexibility index (Phi) is 5.33. The van der Waals surface area contributed by atoms with Crippen LogP contribution in [0.1, 0.15) is 12.0 Å². The number of rotatable bonds is 7. The standard InChI is InChI=1S/C23H22N2O4/c26-21-9-4-3-8-19(21)15-24-16-22(27)25(23(24)28)12-5-13-29-20-11-10-17-6-1-2-7-18(17)14-20/h1-4,6-11,14,26H,5,12-13,15-16H2. The molecule has 148 valence electrons. The highest BCUT2D eigenvalue weighted by molar-refractivity contribution is 6.01. The maximum Gasteiger partial charge on any atom is 0.327 e. The third kappa shape index (κ3) is 4.16. The first-order chi connectivity index (χ1) is 14.1. The topological polar surface area (TPSA) is 70.1 Å². The third-order valence-electron chi connectivity index (χ3n) is 5.00. The zero-order valence-electron chi connectivity index (χ0n) is 16.0. The molecule has 1 N–H and O–H groups in total. The quantitative estimate of drug-likeness (QED) is 0.492. The number of aromatic hydroxyl groups is 1. The van der Waals surface area contributed by atoms with Crippen LogP contribution in [0.2, 0.25) is 0 Å². The van der Waals surface area contributed by atoms with E-state index in [1.807, 2.05) is 42.5 Å². The summed E-state index contributed by atoms with van der Waals surface area (Å²) in [4.78, 5) is 27.5. The molecule has 0 unspecified atom stereocenters. The highest BCUT2D eigenvalue weighted by Gasteiger charge is 2.35. The summed E-state index contributed by atoms with van der Waals surface area (Å²) < 4.78 is 5.79. The van der Waals surface area contributed by atoms with Crippen LogP contribution in [0.3, 0.4) is 0 Å². The first-order valence-electron chi connectivity index (χ1n) is 9.59. The first-order valence-corrected chi connectivity index (χ1v) is 9.59. The normalized spacial score (nSPS) is 14.1. The lowest BCUT2D eigenvalue weighted by Crippen LogP contribution is -2.34. The minimum Gasteiger partial charge on any atom is -0.508 e. The van der Waals surface area contributed by atoms with Crippen molar-refractivity contribution in [1.82, 2.24) is 9.80 Å². The average molecular weight is 390 g/mol. The number of hydrogen-bond donors (Lipinski definition) is 1. The molecule has 0 aromatic heterocycles. The van der Waals surface area contributed by atoms with Crippen molar-refractivity contribution in [2.45, 2.75) is 13.0 Å². The predicted molar refractivity (Wildman–Crippen MR) is 110 cm³/mol. The van der Waals surface area contributed by atoms with E-state index in [1.54, 1.807) is 24.3 Å². The SMILES string of the molecule is O=C1CN(Cc2ccccc2O)C(=O)N1CCCOc1ccc2ccccc2c1. The first kappa shape index (κ1) is 18.8. The number of amides is 3. The Morgan fingerprint density at radius 3 is 2.52 bits per heavy atom. The molecule has 29 heavy (non-hydrogen) atoms. The lowest BCUT2D eigenvalue weighted by molar-refractivity contribution is -0.125. The van der Waals surface area contributed by atoms with Gasteiger partial charge in [-0.15, -0.1) is 0 Å². The highest BCUT2D eigenvalue weighted by Crippen LogP contribution is 2.22. The predicted octanol–water partition coefficient (Wildman–Crippen LogP) is 3.78. The van der Waals surface area contributed by atoms with Crippen molar-refractivity contribution in [3.63, 3.8) is 0 Å². The molecular formula is C23H22N2O4. The molecule has 1 heterocycles. The number of nitrogens with zero attached hydrogens (tertiary/aromatic N) is 2. The molecule has 4 rings (SSSR count). The number of phenolic OH excluding ortho intramolecular Hbond substituents is 1. The third-order valence-corrected chi connectivity index (χ3v) is 5.00. The van der Waals surface area contributed by atoms with Crippen LogP contribution in [-0.2, 0) is 11.3 Å². The van der Waals surface area contributed by atoms with Gasteiger partial charge in [-0.25, -0.2) is 4.79 Å². The van der Waals surface area contributed by atoms with Gasteiger partial charge in [-0.1, -0.05) is 48.5 Å².